The molecule has 17 heavy (non-hydrogen) atoms. The summed E-state index contributed by atoms with van der Waals surface area (Å²) in [6.45, 7) is 11.1. The lowest BCUT2D eigenvalue weighted by molar-refractivity contribution is 0.112. The number of rotatable bonds is 8. The van der Waals surface area contributed by atoms with E-state index in [1.807, 2.05) is 0 Å². The van der Waals surface area contributed by atoms with Crippen LogP contribution in [0.25, 0.3) is 0 Å². The number of hydrogen-bond donors (Lipinski definition) is 1. The third-order valence-electron chi connectivity index (χ3n) is 3.74. The first-order valence-electron chi connectivity index (χ1n) is 6.55. The van der Waals surface area contributed by atoms with Gasteiger partial charge in [0.05, 0.1) is 6.10 Å². The van der Waals surface area contributed by atoms with E-state index in [0.29, 0.717) is 0 Å². The minimum atomic E-state index is -1.59. The zero-order valence-corrected chi connectivity index (χ0v) is 15.0. The molecule has 4 heteroatoms. The molecule has 102 valence electrons. The van der Waals surface area contributed by atoms with Gasteiger partial charge in [-0.05, 0) is 34.7 Å². The lowest BCUT2D eigenvalue weighted by Crippen LogP contribution is -2.43. The van der Waals surface area contributed by atoms with E-state index in [1.165, 1.54) is 5.57 Å². The molecule has 0 saturated carbocycles. The first-order valence-corrected chi connectivity index (χ1v) is 10.3. The summed E-state index contributed by atoms with van der Waals surface area (Å²) in [6, 6.07) is 3.47. The molecule has 0 aromatic carbocycles. The zero-order chi connectivity index (χ0) is 13.5. The maximum absolute atomic E-state index is 9.37. The highest BCUT2D eigenvalue weighted by Gasteiger charge is 2.34. The van der Waals surface area contributed by atoms with Crippen molar-refractivity contribution in [1.29, 1.82) is 0 Å². The Hall–Kier alpha value is 0.607. The van der Waals surface area contributed by atoms with E-state index in [4.69, 9.17) is 4.43 Å². The van der Waals surface area contributed by atoms with Crippen LogP contribution in [0.5, 0.6) is 0 Å². The summed E-state index contributed by atoms with van der Waals surface area (Å²) in [6.07, 6.45) is 0.0865. The van der Waals surface area contributed by atoms with Crippen molar-refractivity contribution < 1.29 is 9.53 Å². The van der Waals surface area contributed by atoms with Crippen molar-refractivity contribution in [3.05, 3.63) is 9.66 Å². The van der Waals surface area contributed by atoms with E-state index >= 15 is 0 Å². The molecule has 0 aromatic rings. The molecule has 0 amide bonds. The van der Waals surface area contributed by atoms with E-state index in [1.54, 1.807) is 0 Å². The minimum absolute atomic E-state index is 0.0865. The van der Waals surface area contributed by atoms with Gasteiger partial charge in [0.25, 0.3) is 0 Å². The summed E-state index contributed by atoms with van der Waals surface area (Å²) in [5.74, 6) is 0.178. The van der Waals surface area contributed by atoms with Gasteiger partial charge in [0, 0.05) is 12.5 Å². The lowest BCUT2D eigenvalue weighted by Gasteiger charge is -2.36. The SMILES string of the molecule is CC[Si](CC)(CC)O[C@H](/C(C)=C/I)[C@@H](C)CO. The summed E-state index contributed by atoms with van der Waals surface area (Å²) in [7, 11) is -1.59. The molecule has 0 fully saturated rings. The van der Waals surface area contributed by atoms with Crippen molar-refractivity contribution in [3.63, 3.8) is 0 Å². The van der Waals surface area contributed by atoms with Crippen molar-refractivity contribution in [1.82, 2.24) is 0 Å². The van der Waals surface area contributed by atoms with Gasteiger partial charge in [0.15, 0.2) is 8.32 Å². The number of aliphatic hydroxyl groups excluding tert-OH is 1. The fourth-order valence-electron chi connectivity index (χ4n) is 2.09. The summed E-state index contributed by atoms with van der Waals surface area (Å²) in [5, 5.41) is 9.37. The van der Waals surface area contributed by atoms with Crippen LogP contribution in [0.4, 0.5) is 0 Å². The van der Waals surface area contributed by atoms with Gasteiger partial charge < -0.3 is 9.53 Å². The molecule has 0 aliphatic carbocycles. The summed E-state index contributed by atoms with van der Waals surface area (Å²) in [4.78, 5) is 0. The van der Waals surface area contributed by atoms with Crippen LogP contribution in [0.15, 0.2) is 9.66 Å². The van der Waals surface area contributed by atoms with Crippen LogP contribution in [-0.2, 0) is 4.43 Å². The van der Waals surface area contributed by atoms with Crippen LogP contribution in [0.3, 0.4) is 0 Å². The van der Waals surface area contributed by atoms with Crippen LogP contribution < -0.4 is 0 Å². The normalized spacial score (nSPS) is 17.0. The number of aliphatic hydroxyl groups is 1. The maximum atomic E-state index is 9.37. The molecular formula is C13H27IO2Si. The predicted molar refractivity (Wildman–Crippen MR) is 86.1 cm³/mol. The molecule has 2 atom stereocenters. The molecular weight excluding hydrogens is 343 g/mol. The Balaban J connectivity index is 4.96. The molecule has 2 nitrogen and oxygen atoms in total. The Bertz CT molecular complexity index is 231. The zero-order valence-electron chi connectivity index (χ0n) is 11.8. The Morgan fingerprint density at radius 3 is 2.06 bits per heavy atom. The van der Waals surface area contributed by atoms with Crippen molar-refractivity contribution in [2.45, 2.75) is 58.9 Å². The van der Waals surface area contributed by atoms with Gasteiger partial charge in [-0.15, -0.1) is 0 Å². The van der Waals surface area contributed by atoms with Crippen molar-refractivity contribution in [2.75, 3.05) is 6.61 Å². The molecule has 0 spiro atoms. The van der Waals surface area contributed by atoms with Gasteiger partial charge >= 0.3 is 0 Å². The number of halogens is 1. The smallest absolute Gasteiger partial charge is 0.192 e. The molecule has 0 saturated heterocycles. The first-order chi connectivity index (χ1) is 8.00. The fourth-order valence-corrected chi connectivity index (χ4v) is 5.40. The summed E-state index contributed by atoms with van der Waals surface area (Å²) >= 11 is 2.26. The quantitative estimate of drug-likeness (QED) is 0.509. The molecule has 0 aliphatic rings. The van der Waals surface area contributed by atoms with Gasteiger partial charge in [0.2, 0.25) is 0 Å². The van der Waals surface area contributed by atoms with Crippen molar-refractivity contribution in [3.8, 4) is 0 Å². The molecule has 0 aliphatic heterocycles. The third-order valence-corrected chi connectivity index (χ3v) is 9.34. The van der Waals surface area contributed by atoms with Crippen molar-refractivity contribution in [2.24, 2.45) is 5.92 Å². The highest BCUT2D eigenvalue weighted by Crippen LogP contribution is 2.29. The lowest BCUT2D eigenvalue weighted by atomic mass is 10.0. The Morgan fingerprint density at radius 1 is 1.29 bits per heavy atom. The van der Waals surface area contributed by atoms with Crippen LogP contribution >= 0.6 is 22.6 Å². The van der Waals surface area contributed by atoms with E-state index in [2.05, 4.69) is 61.3 Å². The Morgan fingerprint density at radius 2 is 1.76 bits per heavy atom. The van der Waals surface area contributed by atoms with Gasteiger partial charge in [-0.3, -0.25) is 0 Å². The average Bonchev–Trinajstić information content (AvgIpc) is 2.39. The molecule has 0 aromatic heterocycles. The van der Waals surface area contributed by atoms with Gasteiger partial charge in [-0.2, -0.15) is 0 Å². The minimum Gasteiger partial charge on any atom is -0.410 e. The number of hydrogen-bond acceptors (Lipinski definition) is 2. The van der Waals surface area contributed by atoms with Crippen LogP contribution in [0.2, 0.25) is 18.1 Å². The maximum Gasteiger partial charge on any atom is 0.192 e. The molecule has 1 N–H and O–H groups in total. The predicted octanol–water partition coefficient (Wildman–Crippen LogP) is 4.34. The van der Waals surface area contributed by atoms with Crippen LogP contribution in [0, 0.1) is 5.92 Å². The summed E-state index contributed by atoms with van der Waals surface area (Å²) in [5.41, 5.74) is 1.24. The third kappa shape index (κ3) is 5.01. The molecule has 0 heterocycles. The monoisotopic (exact) mass is 370 g/mol. The molecule has 0 bridgehead atoms. The second-order valence-electron chi connectivity index (χ2n) is 4.80. The highest BCUT2D eigenvalue weighted by atomic mass is 127. The van der Waals surface area contributed by atoms with Crippen LogP contribution in [0.1, 0.15) is 34.6 Å². The topological polar surface area (TPSA) is 29.5 Å². The second kappa shape index (κ2) is 8.66. The van der Waals surface area contributed by atoms with E-state index < -0.39 is 8.32 Å². The fraction of sp³-hybridized carbons (Fsp3) is 0.846. The van der Waals surface area contributed by atoms with Crippen LogP contribution in [-0.4, -0.2) is 26.1 Å². The average molecular weight is 370 g/mol. The second-order valence-corrected chi connectivity index (χ2v) is 10.1. The molecule has 0 unspecified atom stereocenters. The Labute approximate surface area is 121 Å². The van der Waals surface area contributed by atoms with E-state index in [-0.39, 0.29) is 18.6 Å². The molecule has 0 radical (unpaired) electrons. The highest BCUT2D eigenvalue weighted by molar-refractivity contribution is 14.1. The first kappa shape index (κ1) is 17.6. The van der Waals surface area contributed by atoms with Gasteiger partial charge in [0.1, 0.15) is 0 Å². The van der Waals surface area contributed by atoms with Gasteiger partial charge in [-0.1, -0.05) is 50.3 Å². The van der Waals surface area contributed by atoms with E-state index in [9.17, 15) is 5.11 Å². The van der Waals surface area contributed by atoms with E-state index in [0.717, 1.165) is 18.1 Å². The largest absolute Gasteiger partial charge is 0.410 e. The van der Waals surface area contributed by atoms with Crippen molar-refractivity contribution >= 4 is 30.9 Å². The molecule has 0 rings (SSSR count). The standard InChI is InChI=1S/C13H27IO2Si/c1-6-17(7-2,8-3)16-13(11(4)9-14)12(5)10-15/h9,12-13,15H,6-8,10H2,1-5H3/b11-9+/t12-,13+/m0/s1. The van der Waals surface area contributed by atoms with Gasteiger partial charge in [-0.25, -0.2) is 0 Å². The Kier molecular flexibility index (Phi) is 8.97. The summed E-state index contributed by atoms with van der Waals surface area (Å²) < 4.78 is 8.57.